The summed E-state index contributed by atoms with van der Waals surface area (Å²) in [6.45, 7) is 8.21. The van der Waals surface area contributed by atoms with Gasteiger partial charge in [0.05, 0.1) is 22.7 Å². The SMILES string of the molecule is CCCCC(=O)Nc1c2c(nn1C(C)(C)C)C[S@](=O)C2. The van der Waals surface area contributed by atoms with Crippen molar-refractivity contribution >= 4 is 22.5 Å². The van der Waals surface area contributed by atoms with Gasteiger partial charge in [0.25, 0.3) is 0 Å². The van der Waals surface area contributed by atoms with Gasteiger partial charge in [-0.05, 0) is 27.2 Å². The molecule has 1 aromatic rings. The number of anilines is 1. The summed E-state index contributed by atoms with van der Waals surface area (Å²) in [6, 6.07) is 0. The van der Waals surface area contributed by atoms with E-state index in [1.807, 2.05) is 25.5 Å². The lowest BCUT2D eigenvalue weighted by molar-refractivity contribution is -0.116. The first kappa shape index (κ1) is 15.2. The molecule has 112 valence electrons. The number of carbonyl (C=O) groups is 1. The summed E-state index contributed by atoms with van der Waals surface area (Å²) < 4.78 is 13.5. The fourth-order valence-corrected chi connectivity index (χ4v) is 3.54. The van der Waals surface area contributed by atoms with Crippen molar-refractivity contribution in [2.24, 2.45) is 0 Å². The first-order valence-electron chi connectivity index (χ1n) is 7.09. The minimum Gasteiger partial charge on any atom is -0.311 e. The van der Waals surface area contributed by atoms with Gasteiger partial charge in [0, 0.05) is 22.8 Å². The van der Waals surface area contributed by atoms with Gasteiger partial charge in [0.15, 0.2) is 0 Å². The van der Waals surface area contributed by atoms with Crippen molar-refractivity contribution in [3.8, 4) is 0 Å². The Morgan fingerprint density at radius 1 is 1.40 bits per heavy atom. The molecular formula is C14H23N3O2S. The summed E-state index contributed by atoms with van der Waals surface area (Å²) in [7, 11) is -0.881. The Morgan fingerprint density at radius 2 is 2.10 bits per heavy atom. The monoisotopic (exact) mass is 297 g/mol. The maximum Gasteiger partial charge on any atom is 0.225 e. The summed E-state index contributed by atoms with van der Waals surface area (Å²) in [4.78, 5) is 12.0. The quantitative estimate of drug-likeness (QED) is 0.929. The van der Waals surface area contributed by atoms with Gasteiger partial charge < -0.3 is 5.32 Å². The van der Waals surface area contributed by atoms with Crippen LogP contribution >= 0.6 is 0 Å². The molecule has 0 radical (unpaired) electrons. The number of hydrogen-bond acceptors (Lipinski definition) is 3. The lowest BCUT2D eigenvalue weighted by Gasteiger charge is -2.23. The molecule has 1 atom stereocenters. The number of nitrogens with zero attached hydrogens (tertiary/aromatic N) is 2. The smallest absolute Gasteiger partial charge is 0.225 e. The van der Waals surface area contributed by atoms with E-state index in [1.165, 1.54) is 0 Å². The number of amides is 1. The molecule has 1 aliphatic heterocycles. The van der Waals surface area contributed by atoms with Crippen molar-refractivity contribution < 1.29 is 9.00 Å². The van der Waals surface area contributed by atoms with Crippen LogP contribution < -0.4 is 5.32 Å². The Labute approximate surface area is 122 Å². The summed E-state index contributed by atoms with van der Waals surface area (Å²) in [5.41, 5.74) is 1.60. The molecule has 2 heterocycles. The van der Waals surface area contributed by atoms with Crippen LogP contribution in [0.4, 0.5) is 5.82 Å². The van der Waals surface area contributed by atoms with Crippen molar-refractivity contribution in [3.63, 3.8) is 0 Å². The zero-order valence-corrected chi connectivity index (χ0v) is 13.5. The van der Waals surface area contributed by atoms with E-state index < -0.39 is 10.8 Å². The molecule has 1 aliphatic rings. The number of unbranched alkanes of at least 4 members (excludes halogenated alkanes) is 1. The molecule has 0 unspecified atom stereocenters. The number of rotatable bonds is 4. The Morgan fingerprint density at radius 3 is 2.70 bits per heavy atom. The molecular weight excluding hydrogens is 274 g/mol. The van der Waals surface area contributed by atoms with Gasteiger partial charge in [-0.25, -0.2) is 4.68 Å². The first-order chi connectivity index (χ1) is 9.32. The van der Waals surface area contributed by atoms with Crippen LogP contribution in [-0.2, 0) is 32.6 Å². The molecule has 0 aliphatic carbocycles. The third-order valence-electron chi connectivity index (χ3n) is 3.32. The van der Waals surface area contributed by atoms with E-state index in [-0.39, 0.29) is 11.4 Å². The van der Waals surface area contributed by atoms with Gasteiger partial charge in [-0.1, -0.05) is 13.3 Å². The summed E-state index contributed by atoms with van der Waals surface area (Å²) >= 11 is 0. The highest BCUT2D eigenvalue weighted by molar-refractivity contribution is 7.83. The number of carbonyl (C=O) groups excluding carboxylic acids is 1. The number of hydrogen-bond donors (Lipinski definition) is 1. The van der Waals surface area contributed by atoms with Crippen LogP contribution in [-0.4, -0.2) is 19.9 Å². The number of nitrogens with one attached hydrogen (secondary N) is 1. The van der Waals surface area contributed by atoms with Crippen molar-refractivity contribution in [3.05, 3.63) is 11.3 Å². The molecule has 20 heavy (non-hydrogen) atoms. The molecule has 2 rings (SSSR count). The minimum absolute atomic E-state index is 0.0118. The zero-order valence-electron chi connectivity index (χ0n) is 12.7. The van der Waals surface area contributed by atoms with Crippen molar-refractivity contribution in [2.45, 2.75) is 64.0 Å². The maximum atomic E-state index is 12.0. The molecule has 0 bridgehead atoms. The van der Waals surface area contributed by atoms with E-state index in [2.05, 4.69) is 17.3 Å². The maximum absolute atomic E-state index is 12.0. The fourth-order valence-electron chi connectivity index (χ4n) is 2.27. The lowest BCUT2D eigenvalue weighted by Crippen LogP contribution is -2.27. The summed E-state index contributed by atoms with van der Waals surface area (Å²) in [6.07, 6.45) is 2.39. The second-order valence-electron chi connectivity index (χ2n) is 6.24. The van der Waals surface area contributed by atoms with Crippen LogP contribution in [0.3, 0.4) is 0 Å². The normalized spacial score (nSPS) is 18.1. The van der Waals surface area contributed by atoms with Crippen LogP contribution in [0, 0.1) is 0 Å². The third kappa shape index (κ3) is 3.11. The Balaban J connectivity index is 2.30. The second-order valence-corrected chi connectivity index (χ2v) is 7.69. The van der Waals surface area contributed by atoms with E-state index in [0.29, 0.717) is 17.9 Å². The van der Waals surface area contributed by atoms with Crippen LogP contribution in [0.25, 0.3) is 0 Å². The molecule has 1 amide bonds. The molecule has 1 N–H and O–H groups in total. The average Bonchev–Trinajstić information content (AvgIpc) is 2.84. The zero-order chi connectivity index (χ0) is 14.9. The van der Waals surface area contributed by atoms with Gasteiger partial charge in [-0.15, -0.1) is 0 Å². The number of aromatic nitrogens is 2. The fraction of sp³-hybridized carbons (Fsp3) is 0.714. The van der Waals surface area contributed by atoms with Gasteiger partial charge in [0.1, 0.15) is 5.82 Å². The van der Waals surface area contributed by atoms with Crippen molar-refractivity contribution in [2.75, 3.05) is 5.32 Å². The van der Waals surface area contributed by atoms with Gasteiger partial charge in [-0.2, -0.15) is 5.10 Å². The lowest BCUT2D eigenvalue weighted by atomic mass is 10.1. The molecule has 0 saturated carbocycles. The van der Waals surface area contributed by atoms with Crippen LogP contribution in [0.5, 0.6) is 0 Å². The van der Waals surface area contributed by atoms with E-state index in [0.717, 1.165) is 29.9 Å². The van der Waals surface area contributed by atoms with Crippen molar-refractivity contribution in [1.82, 2.24) is 9.78 Å². The molecule has 5 nitrogen and oxygen atoms in total. The third-order valence-corrected chi connectivity index (χ3v) is 4.53. The molecule has 0 aromatic carbocycles. The van der Waals surface area contributed by atoms with Crippen LogP contribution in [0.1, 0.15) is 58.2 Å². The predicted molar refractivity (Wildman–Crippen MR) is 80.9 cm³/mol. The highest BCUT2D eigenvalue weighted by Gasteiger charge is 2.31. The van der Waals surface area contributed by atoms with Gasteiger partial charge in [-0.3, -0.25) is 9.00 Å². The Bertz CT molecular complexity index is 543. The van der Waals surface area contributed by atoms with Gasteiger partial charge >= 0.3 is 0 Å². The average molecular weight is 297 g/mol. The summed E-state index contributed by atoms with van der Waals surface area (Å²) in [5.74, 6) is 1.74. The second kappa shape index (κ2) is 5.68. The largest absolute Gasteiger partial charge is 0.311 e. The van der Waals surface area contributed by atoms with Crippen LogP contribution in [0.2, 0.25) is 0 Å². The van der Waals surface area contributed by atoms with Crippen LogP contribution in [0.15, 0.2) is 0 Å². The Kier molecular flexibility index (Phi) is 4.32. The van der Waals surface area contributed by atoms with E-state index in [1.54, 1.807) is 0 Å². The minimum atomic E-state index is -0.881. The van der Waals surface area contributed by atoms with E-state index >= 15 is 0 Å². The van der Waals surface area contributed by atoms with Gasteiger partial charge in [0.2, 0.25) is 5.91 Å². The standard InChI is InChI=1S/C14H23N3O2S/c1-5-6-7-12(18)15-13-10-8-20(19)9-11(10)16-17(13)14(2,3)4/h5-9H2,1-4H3,(H,15,18)/t20-/m1/s1. The van der Waals surface area contributed by atoms with Crippen molar-refractivity contribution in [1.29, 1.82) is 0 Å². The number of fused-ring (bicyclic) bond motifs is 1. The molecule has 0 saturated heterocycles. The first-order valence-corrected chi connectivity index (χ1v) is 8.57. The highest BCUT2D eigenvalue weighted by Crippen LogP contribution is 2.32. The molecule has 0 spiro atoms. The summed E-state index contributed by atoms with van der Waals surface area (Å²) in [5, 5.41) is 7.53. The molecule has 1 aromatic heterocycles. The van der Waals surface area contributed by atoms with E-state index in [9.17, 15) is 9.00 Å². The van der Waals surface area contributed by atoms with E-state index in [4.69, 9.17) is 0 Å². The molecule has 6 heteroatoms. The predicted octanol–water partition coefficient (Wildman–Crippen LogP) is 2.53. The topological polar surface area (TPSA) is 64.0 Å². The Hall–Kier alpha value is -1.17. The molecule has 0 fully saturated rings. The highest BCUT2D eigenvalue weighted by atomic mass is 32.2.